The average Bonchev–Trinajstić information content (AvgIpc) is 2.48. The first-order valence-corrected chi connectivity index (χ1v) is 7.56. The maximum atomic E-state index is 6.13. The van der Waals surface area contributed by atoms with Crippen molar-refractivity contribution in [3.63, 3.8) is 0 Å². The summed E-state index contributed by atoms with van der Waals surface area (Å²) >= 11 is 12.0. The van der Waals surface area contributed by atoms with Gasteiger partial charge < -0.3 is 10.6 Å². The van der Waals surface area contributed by atoms with Crippen molar-refractivity contribution in [3.05, 3.63) is 40.0 Å². The summed E-state index contributed by atoms with van der Waals surface area (Å²) in [6.45, 7) is 3.61. The molecule has 0 aliphatic rings. The highest BCUT2D eigenvalue weighted by atomic mass is 35.5. The lowest BCUT2D eigenvalue weighted by atomic mass is 10.1. The Bertz CT molecular complexity index is 591. The molecular weight excluding hydrogens is 309 g/mol. The number of nitrogens with zero attached hydrogens (tertiary/aromatic N) is 3. The second-order valence-electron chi connectivity index (χ2n) is 4.50. The lowest BCUT2D eigenvalue weighted by Gasteiger charge is -2.08. The Morgan fingerprint density at radius 3 is 2.76 bits per heavy atom. The zero-order valence-corrected chi connectivity index (χ0v) is 13.2. The second kappa shape index (κ2) is 8.00. The zero-order valence-electron chi connectivity index (χ0n) is 11.7. The molecule has 1 heterocycles. The van der Waals surface area contributed by atoms with Crippen LogP contribution in [0.1, 0.15) is 18.9 Å². The molecule has 0 bridgehead atoms. The third-order valence-electron chi connectivity index (χ3n) is 2.81. The summed E-state index contributed by atoms with van der Waals surface area (Å²) in [4.78, 5) is 4.33. The van der Waals surface area contributed by atoms with Crippen molar-refractivity contribution in [2.45, 2.75) is 19.8 Å². The van der Waals surface area contributed by atoms with E-state index in [1.807, 2.05) is 12.1 Å². The minimum atomic E-state index is 0.534. The molecule has 0 atom stereocenters. The van der Waals surface area contributed by atoms with E-state index in [0.29, 0.717) is 28.4 Å². The molecule has 1 aromatic heterocycles. The first-order valence-electron chi connectivity index (χ1n) is 6.80. The fraction of sp³-hybridized carbons (Fsp3) is 0.357. The molecule has 2 aromatic rings. The van der Waals surface area contributed by atoms with Gasteiger partial charge in [0.2, 0.25) is 5.95 Å². The first kappa shape index (κ1) is 15.8. The van der Waals surface area contributed by atoms with E-state index in [4.69, 9.17) is 23.2 Å². The molecule has 112 valence electrons. The maximum absolute atomic E-state index is 6.13. The van der Waals surface area contributed by atoms with Crippen LogP contribution < -0.4 is 10.6 Å². The highest BCUT2D eigenvalue weighted by molar-refractivity contribution is 6.35. The third kappa shape index (κ3) is 5.02. The van der Waals surface area contributed by atoms with Crippen molar-refractivity contribution in [1.82, 2.24) is 15.2 Å². The van der Waals surface area contributed by atoms with Crippen LogP contribution in [0.2, 0.25) is 10.0 Å². The Labute approximate surface area is 134 Å². The summed E-state index contributed by atoms with van der Waals surface area (Å²) in [5.41, 5.74) is 1.04. The number of hydrogen-bond acceptors (Lipinski definition) is 5. The number of benzene rings is 1. The fourth-order valence-electron chi connectivity index (χ4n) is 1.75. The fourth-order valence-corrected chi connectivity index (χ4v) is 2.25. The Kier molecular flexibility index (Phi) is 6.02. The van der Waals surface area contributed by atoms with Gasteiger partial charge in [0, 0.05) is 23.1 Å². The van der Waals surface area contributed by atoms with Crippen molar-refractivity contribution in [3.8, 4) is 0 Å². The topological polar surface area (TPSA) is 62.7 Å². The Hall–Kier alpha value is -1.59. The Morgan fingerprint density at radius 1 is 1.14 bits per heavy atom. The summed E-state index contributed by atoms with van der Waals surface area (Å²) in [5.74, 6) is 1.22. The van der Waals surface area contributed by atoms with Crippen LogP contribution in [0.15, 0.2) is 24.4 Å². The van der Waals surface area contributed by atoms with Crippen LogP contribution in [0.25, 0.3) is 0 Å². The highest BCUT2D eigenvalue weighted by Crippen LogP contribution is 2.21. The molecule has 0 aliphatic carbocycles. The minimum Gasteiger partial charge on any atom is -0.368 e. The summed E-state index contributed by atoms with van der Waals surface area (Å²) in [6.07, 6.45) is 3.38. The standard InChI is InChI=1S/C14H17Cl2N5/c1-2-6-18-14-20-13(9-19-21-14)17-7-5-10-3-4-11(15)8-12(10)16/h3-4,8-9H,2,5-7H2,1H3,(H2,17,18,20,21). The molecule has 1 aromatic carbocycles. The molecule has 21 heavy (non-hydrogen) atoms. The van der Waals surface area contributed by atoms with Gasteiger partial charge in [-0.15, -0.1) is 5.10 Å². The van der Waals surface area contributed by atoms with Crippen molar-refractivity contribution in [1.29, 1.82) is 0 Å². The van der Waals surface area contributed by atoms with Crippen LogP contribution in [0, 0.1) is 0 Å². The quantitative estimate of drug-likeness (QED) is 0.813. The van der Waals surface area contributed by atoms with Gasteiger partial charge in [-0.2, -0.15) is 10.1 Å². The van der Waals surface area contributed by atoms with Crippen LogP contribution >= 0.6 is 23.2 Å². The van der Waals surface area contributed by atoms with Crippen LogP contribution in [-0.4, -0.2) is 28.3 Å². The van der Waals surface area contributed by atoms with Gasteiger partial charge in [0.05, 0.1) is 6.20 Å². The monoisotopic (exact) mass is 325 g/mol. The van der Waals surface area contributed by atoms with Gasteiger partial charge in [-0.3, -0.25) is 0 Å². The van der Waals surface area contributed by atoms with E-state index in [1.165, 1.54) is 0 Å². The van der Waals surface area contributed by atoms with Crippen LogP contribution in [-0.2, 0) is 6.42 Å². The molecule has 0 fully saturated rings. The Morgan fingerprint density at radius 2 is 2.00 bits per heavy atom. The van der Waals surface area contributed by atoms with Crippen LogP contribution in [0.4, 0.5) is 11.8 Å². The van der Waals surface area contributed by atoms with Crippen molar-refractivity contribution < 1.29 is 0 Å². The van der Waals surface area contributed by atoms with Gasteiger partial charge in [0.25, 0.3) is 0 Å². The Balaban J connectivity index is 1.88. The van der Waals surface area contributed by atoms with Crippen molar-refractivity contribution >= 4 is 35.0 Å². The summed E-state index contributed by atoms with van der Waals surface area (Å²) in [7, 11) is 0. The molecule has 0 saturated heterocycles. The van der Waals surface area contributed by atoms with Gasteiger partial charge in [0.15, 0.2) is 5.82 Å². The number of hydrogen-bond donors (Lipinski definition) is 2. The number of nitrogens with one attached hydrogen (secondary N) is 2. The summed E-state index contributed by atoms with van der Waals surface area (Å²) < 4.78 is 0. The van der Waals surface area contributed by atoms with E-state index < -0.39 is 0 Å². The molecular formula is C14H17Cl2N5. The van der Waals surface area contributed by atoms with E-state index in [-0.39, 0.29) is 0 Å². The van der Waals surface area contributed by atoms with Crippen LogP contribution in [0.5, 0.6) is 0 Å². The molecule has 5 nitrogen and oxygen atoms in total. The normalized spacial score (nSPS) is 10.4. The van der Waals surface area contributed by atoms with Gasteiger partial charge in [-0.1, -0.05) is 36.2 Å². The number of anilines is 2. The average molecular weight is 326 g/mol. The van der Waals surface area contributed by atoms with Gasteiger partial charge >= 0.3 is 0 Å². The van der Waals surface area contributed by atoms with E-state index >= 15 is 0 Å². The van der Waals surface area contributed by atoms with Crippen molar-refractivity contribution in [2.24, 2.45) is 0 Å². The molecule has 0 unspecified atom stereocenters. The largest absolute Gasteiger partial charge is 0.368 e. The number of aromatic nitrogens is 3. The first-order chi connectivity index (χ1) is 10.2. The summed E-state index contributed by atoms with van der Waals surface area (Å²) in [6, 6.07) is 5.51. The molecule has 0 saturated carbocycles. The maximum Gasteiger partial charge on any atom is 0.244 e. The van der Waals surface area contributed by atoms with Gasteiger partial charge in [-0.05, 0) is 30.5 Å². The van der Waals surface area contributed by atoms with E-state index in [2.05, 4.69) is 32.7 Å². The van der Waals surface area contributed by atoms with Crippen LogP contribution in [0.3, 0.4) is 0 Å². The smallest absolute Gasteiger partial charge is 0.244 e. The molecule has 7 heteroatoms. The molecule has 0 aliphatic heterocycles. The van der Waals surface area contributed by atoms with E-state index in [9.17, 15) is 0 Å². The lowest BCUT2D eigenvalue weighted by molar-refractivity contribution is 0.904. The lowest BCUT2D eigenvalue weighted by Crippen LogP contribution is -2.10. The molecule has 0 spiro atoms. The minimum absolute atomic E-state index is 0.534. The molecule has 2 N–H and O–H groups in total. The van der Waals surface area contributed by atoms with Crippen molar-refractivity contribution in [2.75, 3.05) is 23.7 Å². The highest BCUT2D eigenvalue weighted by Gasteiger charge is 2.03. The molecule has 2 rings (SSSR count). The molecule has 0 radical (unpaired) electrons. The number of rotatable bonds is 7. The van der Waals surface area contributed by atoms with E-state index in [1.54, 1.807) is 12.3 Å². The second-order valence-corrected chi connectivity index (χ2v) is 5.35. The van der Waals surface area contributed by atoms with E-state index in [0.717, 1.165) is 24.9 Å². The van der Waals surface area contributed by atoms with Gasteiger partial charge in [-0.25, -0.2) is 0 Å². The third-order valence-corrected chi connectivity index (χ3v) is 3.39. The van der Waals surface area contributed by atoms with Gasteiger partial charge in [0.1, 0.15) is 0 Å². The number of halogens is 2. The predicted molar refractivity (Wildman–Crippen MR) is 87.3 cm³/mol. The zero-order chi connectivity index (χ0) is 15.1. The SMILES string of the molecule is CCCNc1nncc(NCCc2ccc(Cl)cc2Cl)n1. The molecule has 0 amide bonds. The predicted octanol–water partition coefficient (Wildman–Crippen LogP) is 3.65. The summed E-state index contributed by atoms with van der Waals surface area (Å²) in [5, 5.41) is 15.5.